The van der Waals surface area contributed by atoms with Crippen molar-refractivity contribution >= 4 is 6.09 Å². The van der Waals surface area contributed by atoms with E-state index in [0.717, 1.165) is 40.4 Å². The van der Waals surface area contributed by atoms with E-state index in [0.29, 0.717) is 33.0 Å². The number of ether oxygens (including phenoxy) is 6. The van der Waals surface area contributed by atoms with Crippen LogP contribution in [0.3, 0.4) is 0 Å². The second kappa shape index (κ2) is 15.8. The third-order valence-electron chi connectivity index (χ3n) is 7.31. The SMILES string of the molecule is COc1ccc(COC2CN(C(=O)OC(C)(C)C)CC(O)C2c2ccc(OCCCOCc3ccccc3OC)cc2)cc1. The van der Waals surface area contributed by atoms with Gasteiger partial charge >= 0.3 is 6.09 Å². The number of rotatable bonds is 13. The molecule has 44 heavy (non-hydrogen) atoms. The van der Waals surface area contributed by atoms with E-state index < -0.39 is 23.9 Å². The second-order valence-electron chi connectivity index (χ2n) is 11.8. The quantitative estimate of drug-likeness (QED) is 0.238. The lowest BCUT2D eigenvalue weighted by Crippen LogP contribution is -2.54. The zero-order chi connectivity index (χ0) is 31.5. The van der Waals surface area contributed by atoms with E-state index in [9.17, 15) is 9.90 Å². The molecule has 1 N–H and O–H groups in total. The Balaban J connectivity index is 1.35. The number of hydrogen-bond acceptors (Lipinski definition) is 8. The van der Waals surface area contributed by atoms with Gasteiger partial charge in [-0.3, -0.25) is 0 Å². The average Bonchev–Trinajstić information content (AvgIpc) is 3.01. The number of aliphatic hydroxyl groups is 1. The van der Waals surface area contributed by atoms with Crippen LogP contribution < -0.4 is 14.2 Å². The molecule has 0 bridgehead atoms. The van der Waals surface area contributed by atoms with Crippen LogP contribution >= 0.6 is 0 Å². The lowest BCUT2D eigenvalue weighted by molar-refractivity contribution is -0.0756. The highest BCUT2D eigenvalue weighted by molar-refractivity contribution is 5.68. The minimum absolute atomic E-state index is 0.148. The molecule has 0 radical (unpaired) electrons. The van der Waals surface area contributed by atoms with Gasteiger partial charge in [0.05, 0.1) is 65.9 Å². The van der Waals surface area contributed by atoms with Gasteiger partial charge in [0, 0.05) is 17.9 Å². The van der Waals surface area contributed by atoms with E-state index in [1.165, 1.54) is 4.90 Å². The van der Waals surface area contributed by atoms with Gasteiger partial charge in [-0.25, -0.2) is 4.79 Å². The molecule has 0 saturated carbocycles. The van der Waals surface area contributed by atoms with Crippen molar-refractivity contribution in [2.24, 2.45) is 0 Å². The van der Waals surface area contributed by atoms with Crippen molar-refractivity contribution in [1.82, 2.24) is 4.90 Å². The largest absolute Gasteiger partial charge is 0.497 e. The highest BCUT2D eigenvalue weighted by Gasteiger charge is 2.40. The molecule has 1 aliphatic heterocycles. The summed E-state index contributed by atoms with van der Waals surface area (Å²) in [7, 11) is 3.28. The molecule has 1 fully saturated rings. The van der Waals surface area contributed by atoms with Gasteiger partial charge in [-0.05, 0) is 62.2 Å². The van der Waals surface area contributed by atoms with Gasteiger partial charge in [0.25, 0.3) is 0 Å². The molecule has 1 aliphatic rings. The Morgan fingerprint density at radius 3 is 2.25 bits per heavy atom. The summed E-state index contributed by atoms with van der Waals surface area (Å²) >= 11 is 0. The van der Waals surface area contributed by atoms with Crippen molar-refractivity contribution in [1.29, 1.82) is 0 Å². The monoisotopic (exact) mass is 607 g/mol. The Morgan fingerprint density at radius 1 is 0.864 bits per heavy atom. The van der Waals surface area contributed by atoms with Gasteiger partial charge in [-0.15, -0.1) is 0 Å². The molecule has 4 rings (SSSR count). The molecule has 9 nitrogen and oxygen atoms in total. The number of para-hydroxylation sites is 1. The van der Waals surface area contributed by atoms with Crippen LogP contribution in [0.15, 0.2) is 72.8 Å². The first-order valence-corrected chi connectivity index (χ1v) is 15.0. The molecule has 3 unspecified atom stereocenters. The molecule has 9 heteroatoms. The number of carbonyl (C=O) groups excluding carboxylic acids is 1. The van der Waals surface area contributed by atoms with Gasteiger partial charge in [-0.2, -0.15) is 0 Å². The molecule has 0 aliphatic carbocycles. The number of benzene rings is 3. The maximum absolute atomic E-state index is 12.9. The van der Waals surface area contributed by atoms with E-state index in [-0.39, 0.29) is 12.5 Å². The summed E-state index contributed by atoms with van der Waals surface area (Å²) < 4.78 is 34.3. The zero-order valence-electron chi connectivity index (χ0n) is 26.4. The Labute approximate surface area is 260 Å². The van der Waals surface area contributed by atoms with Gasteiger partial charge in [-0.1, -0.05) is 42.5 Å². The van der Waals surface area contributed by atoms with Crippen molar-refractivity contribution in [3.05, 3.63) is 89.5 Å². The van der Waals surface area contributed by atoms with Crippen LogP contribution in [0.2, 0.25) is 0 Å². The van der Waals surface area contributed by atoms with Gasteiger partial charge in [0.2, 0.25) is 0 Å². The lowest BCUT2D eigenvalue weighted by atomic mass is 9.84. The van der Waals surface area contributed by atoms with Crippen LogP contribution in [0.4, 0.5) is 4.79 Å². The molecule has 3 atom stereocenters. The molecule has 3 aromatic carbocycles. The molecule has 238 valence electrons. The summed E-state index contributed by atoms with van der Waals surface area (Å²) in [4.78, 5) is 14.4. The van der Waals surface area contributed by atoms with Crippen LogP contribution in [-0.2, 0) is 27.4 Å². The van der Waals surface area contributed by atoms with Crippen molar-refractivity contribution in [2.75, 3.05) is 40.5 Å². The van der Waals surface area contributed by atoms with Gasteiger partial charge < -0.3 is 38.4 Å². The molecule has 1 heterocycles. The number of carbonyl (C=O) groups is 1. The van der Waals surface area contributed by atoms with Gasteiger partial charge in [0.1, 0.15) is 22.8 Å². The third kappa shape index (κ3) is 9.61. The molecule has 0 spiro atoms. The van der Waals surface area contributed by atoms with Crippen molar-refractivity contribution in [2.45, 2.75) is 64.1 Å². The fourth-order valence-corrected chi connectivity index (χ4v) is 5.13. The fourth-order valence-electron chi connectivity index (χ4n) is 5.13. The van der Waals surface area contributed by atoms with Crippen LogP contribution in [0.1, 0.15) is 49.8 Å². The Bertz CT molecular complexity index is 1310. The summed E-state index contributed by atoms with van der Waals surface area (Å²) in [5.74, 6) is 1.97. The van der Waals surface area contributed by atoms with E-state index in [1.807, 2.05) is 93.6 Å². The smallest absolute Gasteiger partial charge is 0.410 e. The highest BCUT2D eigenvalue weighted by atomic mass is 16.6. The Morgan fingerprint density at radius 2 is 1.57 bits per heavy atom. The summed E-state index contributed by atoms with van der Waals surface area (Å²) in [5.41, 5.74) is 2.24. The van der Waals surface area contributed by atoms with Gasteiger partial charge in [0.15, 0.2) is 0 Å². The number of methoxy groups -OCH3 is 2. The maximum atomic E-state index is 12.9. The number of amides is 1. The Kier molecular flexibility index (Phi) is 11.9. The van der Waals surface area contributed by atoms with Crippen molar-refractivity contribution in [3.8, 4) is 17.2 Å². The highest BCUT2D eigenvalue weighted by Crippen LogP contribution is 2.33. The maximum Gasteiger partial charge on any atom is 0.410 e. The van der Waals surface area contributed by atoms with Crippen molar-refractivity contribution in [3.63, 3.8) is 0 Å². The number of β-amino-alcohol motifs (C(OH)–C–C–N with tert-alkyl or cyclic N) is 1. The van der Waals surface area contributed by atoms with Crippen LogP contribution in [0.5, 0.6) is 17.2 Å². The van der Waals surface area contributed by atoms with Crippen LogP contribution in [0, 0.1) is 0 Å². The predicted molar refractivity (Wildman–Crippen MR) is 167 cm³/mol. The minimum Gasteiger partial charge on any atom is -0.497 e. The summed E-state index contributed by atoms with van der Waals surface area (Å²) in [5, 5.41) is 11.3. The van der Waals surface area contributed by atoms with Crippen LogP contribution in [-0.4, -0.2) is 74.4 Å². The number of hydrogen-bond donors (Lipinski definition) is 1. The molecule has 1 saturated heterocycles. The summed E-state index contributed by atoms with van der Waals surface area (Å²) in [6.07, 6.45) is -1.03. The molecular weight excluding hydrogens is 562 g/mol. The van der Waals surface area contributed by atoms with E-state index in [4.69, 9.17) is 28.4 Å². The third-order valence-corrected chi connectivity index (χ3v) is 7.31. The molecule has 0 aromatic heterocycles. The minimum atomic E-state index is -0.843. The molecular formula is C35H45NO8. The lowest BCUT2D eigenvalue weighted by Gasteiger charge is -2.42. The Hall–Kier alpha value is -3.79. The van der Waals surface area contributed by atoms with Crippen molar-refractivity contribution < 1.29 is 38.3 Å². The molecule has 3 aromatic rings. The first-order valence-electron chi connectivity index (χ1n) is 15.0. The topological polar surface area (TPSA) is 95.9 Å². The predicted octanol–water partition coefficient (Wildman–Crippen LogP) is 5.97. The second-order valence-corrected chi connectivity index (χ2v) is 11.8. The summed E-state index contributed by atoms with van der Waals surface area (Å²) in [6, 6.07) is 23.2. The van der Waals surface area contributed by atoms with E-state index in [2.05, 4.69) is 0 Å². The van der Waals surface area contributed by atoms with E-state index in [1.54, 1.807) is 14.2 Å². The fraction of sp³-hybridized carbons (Fsp3) is 0.457. The average molecular weight is 608 g/mol. The molecule has 1 amide bonds. The first-order chi connectivity index (χ1) is 21.2. The number of aliphatic hydroxyl groups excluding tert-OH is 1. The number of likely N-dealkylation sites (tertiary alicyclic amines) is 1. The standard InChI is InChI=1S/C35H45NO8/c1-35(2,3)44-34(38)36-21-30(37)33(32(22-36)43-23-25-11-15-28(39-4)16-12-25)26-13-17-29(18-14-26)42-20-8-19-41-24-27-9-6-7-10-31(27)40-5/h6-7,9-18,30,32-33,37H,8,19-24H2,1-5H3. The van der Waals surface area contributed by atoms with Crippen LogP contribution in [0.25, 0.3) is 0 Å². The zero-order valence-corrected chi connectivity index (χ0v) is 26.4. The number of nitrogens with zero attached hydrogens (tertiary/aromatic N) is 1. The first kappa shape index (κ1) is 33.1. The summed E-state index contributed by atoms with van der Waals surface area (Å²) in [6.45, 7) is 7.78. The number of piperidine rings is 1. The normalized spacial score (nSPS) is 18.5. The van der Waals surface area contributed by atoms with E-state index >= 15 is 0 Å².